The summed E-state index contributed by atoms with van der Waals surface area (Å²) in [4.78, 5) is 35.5. The van der Waals surface area contributed by atoms with E-state index in [2.05, 4.69) is 22.1 Å². The molecule has 8 heteroatoms. The first-order chi connectivity index (χ1) is 13.9. The molecular weight excluding hydrogens is 368 g/mol. The molecule has 8 nitrogen and oxygen atoms in total. The Morgan fingerprint density at radius 2 is 1.86 bits per heavy atom. The Bertz CT molecular complexity index is 916. The standard InChI is InChI=1S/C21H28N6O2/c1-15-11-18(12-19(23-15)20-5-4-6-27(20)16(2)28)25-7-9-26(10-8-25)21(29)17-13-22-24(3)14-17/h11-14,20H,4-10H2,1-3H3/t20-/m0/s1. The van der Waals surface area contributed by atoms with E-state index in [0.29, 0.717) is 18.7 Å². The minimum atomic E-state index is 0.0346. The summed E-state index contributed by atoms with van der Waals surface area (Å²) in [7, 11) is 1.82. The zero-order valence-corrected chi connectivity index (χ0v) is 17.3. The molecule has 0 spiro atoms. The van der Waals surface area contributed by atoms with Crippen LogP contribution in [-0.4, -0.2) is 69.1 Å². The van der Waals surface area contributed by atoms with Gasteiger partial charge >= 0.3 is 0 Å². The van der Waals surface area contributed by atoms with E-state index >= 15 is 0 Å². The van der Waals surface area contributed by atoms with Crippen LogP contribution in [-0.2, 0) is 11.8 Å². The van der Waals surface area contributed by atoms with Gasteiger partial charge in [0.2, 0.25) is 5.91 Å². The van der Waals surface area contributed by atoms with E-state index < -0.39 is 0 Å². The molecule has 2 aliphatic heterocycles. The van der Waals surface area contributed by atoms with Gasteiger partial charge in [-0.15, -0.1) is 0 Å². The van der Waals surface area contributed by atoms with Gasteiger partial charge in [0, 0.05) is 64.3 Å². The molecule has 2 saturated heterocycles. The Balaban J connectivity index is 1.46. The molecule has 0 aromatic carbocycles. The SMILES string of the molecule is CC(=O)N1CCC[C@H]1c1cc(N2CCN(C(=O)c3cnn(C)c3)CC2)cc(C)n1. The maximum Gasteiger partial charge on any atom is 0.257 e. The van der Waals surface area contributed by atoms with Gasteiger partial charge in [-0.3, -0.25) is 19.3 Å². The fourth-order valence-corrected chi connectivity index (χ4v) is 4.36. The number of hydrogen-bond donors (Lipinski definition) is 0. The molecule has 0 unspecified atom stereocenters. The van der Waals surface area contributed by atoms with Crippen LogP contribution in [0.5, 0.6) is 0 Å². The lowest BCUT2D eigenvalue weighted by molar-refractivity contribution is -0.129. The van der Waals surface area contributed by atoms with E-state index in [4.69, 9.17) is 4.98 Å². The Hall–Kier alpha value is -2.90. The molecule has 4 rings (SSSR count). The molecule has 0 bridgehead atoms. The topological polar surface area (TPSA) is 74.6 Å². The molecule has 29 heavy (non-hydrogen) atoms. The molecule has 2 aliphatic rings. The average Bonchev–Trinajstić information content (AvgIpc) is 3.36. The average molecular weight is 396 g/mol. The number of hydrogen-bond acceptors (Lipinski definition) is 5. The van der Waals surface area contributed by atoms with Crippen molar-refractivity contribution in [3.63, 3.8) is 0 Å². The predicted molar refractivity (Wildman–Crippen MR) is 110 cm³/mol. The van der Waals surface area contributed by atoms with Gasteiger partial charge in [-0.05, 0) is 31.9 Å². The highest BCUT2D eigenvalue weighted by atomic mass is 16.2. The van der Waals surface area contributed by atoms with E-state index in [9.17, 15) is 9.59 Å². The Morgan fingerprint density at radius 3 is 2.52 bits per heavy atom. The summed E-state index contributed by atoms with van der Waals surface area (Å²) in [5.74, 6) is 0.146. The zero-order valence-electron chi connectivity index (χ0n) is 17.3. The summed E-state index contributed by atoms with van der Waals surface area (Å²) < 4.78 is 1.65. The van der Waals surface area contributed by atoms with Crippen LogP contribution in [0, 0.1) is 6.92 Å². The van der Waals surface area contributed by atoms with Crippen LogP contribution in [0.15, 0.2) is 24.5 Å². The highest BCUT2D eigenvalue weighted by molar-refractivity contribution is 5.93. The van der Waals surface area contributed by atoms with E-state index in [0.717, 1.165) is 49.6 Å². The van der Waals surface area contributed by atoms with Gasteiger partial charge in [0.25, 0.3) is 5.91 Å². The monoisotopic (exact) mass is 396 g/mol. The number of pyridine rings is 1. The van der Waals surface area contributed by atoms with Crippen molar-refractivity contribution in [2.24, 2.45) is 7.05 Å². The van der Waals surface area contributed by atoms with Crippen molar-refractivity contribution in [1.29, 1.82) is 0 Å². The van der Waals surface area contributed by atoms with Crippen molar-refractivity contribution in [1.82, 2.24) is 24.6 Å². The summed E-state index contributed by atoms with van der Waals surface area (Å²) in [5, 5.41) is 4.09. The number of rotatable bonds is 3. The number of nitrogens with zero attached hydrogens (tertiary/aromatic N) is 6. The highest BCUT2D eigenvalue weighted by Crippen LogP contribution is 2.33. The van der Waals surface area contributed by atoms with Crippen molar-refractivity contribution in [3.8, 4) is 0 Å². The lowest BCUT2D eigenvalue weighted by atomic mass is 10.1. The number of likely N-dealkylation sites (tertiary alicyclic amines) is 1. The van der Waals surface area contributed by atoms with Gasteiger partial charge in [0.1, 0.15) is 0 Å². The largest absolute Gasteiger partial charge is 0.368 e. The molecule has 2 aromatic rings. The third-order valence-electron chi connectivity index (χ3n) is 5.84. The van der Waals surface area contributed by atoms with Crippen molar-refractivity contribution in [2.45, 2.75) is 32.7 Å². The van der Waals surface area contributed by atoms with Crippen molar-refractivity contribution in [3.05, 3.63) is 41.5 Å². The number of aryl methyl sites for hydroxylation is 2. The third-order valence-corrected chi connectivity index (χ3v) is 5.84. The maximum absolute atomic E-state index is 12.6. The van der Waals surface area contributed by atoms with Crippen LogP contribution < -0.4 is 4.90 Å². The van der Waals surface area contributed by atoms with Crippen molar-refractivity contribution >= 4 is 17.5 Å². The third kappa shape index (κ3) is 3.97. The maximum atomic E-state index is 12.6. The summed E-state index contributed by atoms with van der Waals surface area (Å²) in [6.07, 6.45) is 5.36. The number of amides is 2. The zero-order chi connectivity index (χ0) is 20.5. The van der Waals surface area contributed by atoms with Gasteiger partial charge in [-0.2, -0.15) is 5.10 Å². The van der Waals surface area contributed by atoms with E-state index in [1.165, 1.54) is 0 Å². The van der Waals surface area contributed by atoms with Crippen molar-refractivity contribution in [2.75, 3.05) is 37.6 Å². The number of aromatic nitrogens is 3. The first-order valence-corrected chi connectivity index (χ1v) is 10.2. The predicted octanol–water partition coefficient (Wildman–Crippen LogP) is 1.77. The van der Waals surface area contributed by atoms with Crippen LogP contribution >= 0.6 is 0 Å². The van der Waals surface area contributed by atoms with E-state index in [-0.39, 0.29) is 17.9 Å². The minimum absolute atomic E-state index is 0.0346. The fourth-order valence-electron chi connectivity index (χ4n) is 4.36. The number of piperazine rings is 1. The van der Waals surface area contributed by atoms with Gasteiger partial charge in [-0.25, -0.2) is 0 Å². The molecular formula is C21H28N6O2. The minimum Gasteiger partial charge on any atom is -0.368 e. The smallest absolute Gasteiger partial charge is 0.257 e. The van der Waals surface area contributed by atoms with Crippen LogP contribution in [0.2, 0.25) is 0 Å². The first kappa shape index (κ1) is 19.4. The quantitative estimate of drug-likeness (QED) is 0.791. The Kier molecular flexibility index (Phi) is 5.25. The molecule has 0 N–H and O–H groups in total. The lowest BCUT2D eigenvalue weighted by Crippen LogP contribution is -2.48. The second-order valence-electron chi connectivity index (χ2n) is 7.94. The first-order valence-electron chi connectivity index (χ1n) is 10.2. The molecule has 0 saturated carbocycles. The molecule has 2 fully saturated rings. The molecule has 0 radical (unpaired) electrons. The molecule has 154 valence electrons. The summed E-state index contributed by atoms with van der Waals surface area (Å²) in [6.45, 7) is 7.34. The highest BCUT2D eigenvalue weighted by Gasteiger charge is 2.30. The second-order valence-corrected chi connectivity index (χ2v) is 7.94. The fraction of sp³-hybridized carbons (Fsp3) is 0.524. The number of anilines is 1. The lowest BCUT2D eigenvalue weighted by Gasteiger charge is -2.36. The number of carbonyl (C=O) groups is 2. The van der Waals surface area contributed by atoms with E-state index in [1.54, 1.807) is 24.0 Å². The van der Waals surface area contributed by atoms with Gasteiger partial charge in [-0.1, -0.05) is 0 Å². The molecule has 2 amide bonds. The Morgan fingerprint density at radius 1 is 1.10 bits per heavy atom. The van der Waals surface area contributed by atoms with Crippen LogP contribution in [0.1, 0.15) is 47.6 Å². The normalized spacial score (nSPS) is 19.7. The summed E-state index contributed by atoms with van der Waals surface area (Å²) >= 11 is 0. The number of carbonyl (C=O) groups excluding carboxylic acids is 2. The van der Waals surface area contributed by atoms with E-state index in [1.807, 2.05) is 23.8 Å². The molecule has 2 aromatic heterocycles. The summed E-state index contributed by atoms with van der Waals surface area (Å²) in [6, 6.07) is 4.28. The van der Waals surface area contributed by atoms with Crippen molar-refractivity contribution < 1.29 is 9.59 Å². The van der Waals surface area contributed by atoms with Gasteiger partial charge < -0.3 is 14.7 Å². The van der Waals surface area contributed by atoms with Crippen LogP contribution in [0.3, 0.4) is 0 Å². The molecule has 0 aliphatic carbocycles. The summed E-state index contributed by atoms with van der Waals surface area (Å²) in [5.41, 5.74) is 3.69. The van der Waals surface area contributed by atoms with Crippen LogP contribution in [0.4, 0.5) is 5.69 Å². The Labute approximate surface area is 171 Å². The van der Waals surface area contributed by atoms with Gasteiger partial charge in [0.05, 0.1) is 23.5 Å². The van der Waals surface area contributed by atoms with Gasteiger partial charge in [0.15, 0.2) is 0 Å². The second kappa shape index (κ2) is 7.85. The molecule has 1 atom stereocenters. The molecule has 4 heterocycles. The van der Waals surface area contributed by atoms with Crippen LogP contribution in [0.25, 0.3) is 0 Å².